The van der Waals surface area contributed by atoms with Crippen molar-refractivity contribution < 1.29 is 4.39 Å². The molecule has 2 unspecified atom stereocenters. The summed E-state index contributed by atoms with van der Waals surface area (Å²) >= 11 is 0. The van der Waals surface area contributed by atoms with Gasteiger partial charge in [0.25, 0.3) is 0 Å². The summed E-state index contributed by atoms with van der Waals surface area (Å²) in [5.74, 6) is 0.335. The number of nitrogens with one attached hydrogen (secondary N) is 1. The summed E-state index contributed by atoms with van der Waals surface area (Å²) in [6, 6.07) is 7.76. The molecule has 1 N–H and O–H groups in total. The van der Waals surface area contributed by atoms with Gasteiger partial charge in [-0.25, -0.2) is 4.39 Å². The Bertz CT molecular complexity index is 388. The monoisotopic (exact) mass is 264 g/mol. The van der Waals surface area contributed by atoms with Crippen molar-refractivity contribution in [2.45, 2.75) is 38.8 Å². The zero-order chi connectivity index (χ0) is 13.8. The SMILES string of the molecule is CC(C)C(NC1CCCN(C)C1)c1ccc(F)cc1. The molecule has 1 aliphatic heterocycles. The maximum absolute atomic E-state index is 13.0. The third kappa shape index (κ3) is 4.02. The second kappa shape index (κ2) is 6.49. The van der Waals surface area contributed by atoms with Gasteiger partial charge in [-0.15, -0.1) is 0 Å². The zero-order valence-electron chi connectivity index (χ0n) is 12.2. The van der Waals surface area contributed by atoms with E-state index in [-0.39, 0.29) is 5.82 Å². The van der Waals surface area contributed by atoms with Gasteiger partial charge in [0.2, 0.25) is 0 Å². The maximum atomic E-state index is 13.0. The molecule has 0 radical (unpaired) electrons. The third-order valence-corrected chi connectivity index (χ3v) is 3.94. The highest BCUT2D eigenvalue weighted by Gasteiger charge is 2.23. The van der Waals surface area contributed by atoms with Crippen molar-refractivity contribution in [3.8, 4) is 0 Å². The molecule has 0 saturated carbocycles. The van der Waals surface area contributed by atoms with Crippen molar-refractivity contribution in [1.29, 1.82) is 0 Å². The number of hydrogen-bond donors (Lipinski definition) is 1. The number of likely N-dealkylation sites (tertiary alicyclic amines) is 1. The Kier molecular flexibility index (Phi) is 4.94. The number of benzene rings is 1. The highest BCUT2D eigenvalue weighted by atomic mass is 19.1. The molecule has 0 aromatic heterocycles. The summed E-state index contributed by atoms with van der Waals surface area (Å²) < 4.78 is 13.0. The Morgan fingerprint density at radius 2 is 1.95 bits per heavy atom. The van der Waals surface area contributed by atoms with Crippen LogP contribution in [0, 0.1) is 11.7 Å². The second-order valence-corrected chi connectivity index (χ2v) is 6.04. The number of nitrogens with zero attached hydrogens (tertiary/aromatic N) is 1. The van der Waals surface area contributed by atoms with Gasteiger partial charge in [0.1, 0.15) is 5.82 Å². The van der Waals surface area contributed by atoms with E-state index in [4.69, 9.17) is 0 Å². The van der Waals surface area contributed by atoms with Gasteiger partial charge in [-0.05, 0) is 50.0 Å². The minimum atomic E-state index is -0.163. The molecule has 2 atom stereocenters. The molecule has 1 aliphatic rings. The van der Waals surface area contributed by atoms with E-state index in [1.807, 2.05) is 12.1 Å². The Morgan fingerprint density at radius 3 is 2.53 bits per heavy atom. The van der Waals surface area contributed by atoms with Crippen molar-refractivity contribution in [1.82, 2.24) is 10.2 Å². The summed E-state index contributed by atoms with van der Waals surface area (Å²) in [6.07, 6.45) is 2.48. The first-order valence-corrected chi connectivity index (χ1v) is 7.26. The summed E-state index contributed by atoms with van der Waals surface area (Å²) in [5.41, 5.74) is 1.18. The van der Waals surface area contributed by atoms with Gasteiger partial charge in [-0.1, -0.05) is 26.0 Å². The van der Waals surface area contributed by atoms with Crippen molar-refractivity contribution >= 4 is 0 Å². The Labute approximate surface area is 116 Å². The highest BCUT2D eigenvalue weighted by molar-refractivity contribution is 5.20. The summed E-state index contributed by atoms with van der Waals surface area (Å²) in [7, 11) is 2.18. The van der Waals surface area contributed by atoms with Crippen LogP contribution in [0.25, 0.3) is 0 Å². The van der Waals surface area contributed by atoms with Crippen LogP contribution in [0.15, 0.2) is 24.3 Å². The topological polar surface area (TPSA) is 15.3 Å². The predicted molar refractivity (Wildman–Crippen MR) is 77.6 cm³/mol. The molecule has 106 valence electrons. The smallest absolute Gasteiger partial charge is 0.123 e. The molecule has 2 rings (SSSR count). The first-order chi connectivity index (χ1) is 9.06. The van der Waals surface area contributed by atoms with E-state index in [2.05, 4.69) is 31.1 Å². The van der Waals surface area contributed by atoms with E-state index in [0.717, 1.165) is 6.54 Å². The Hall–Kier alpha value is -0.930. The van der Waals surface area contributed by atoms with Crippen LogP contribution in [0.4, 0.5) is 4.39 Å². The van der Waals surface area contributed by atoms with Crippen LogP contribution in [-0.2, 0) is 0 Å². The third-order valence-electron chi connectivity index (χ3n) is 3.94. The lowest BCUT2D eigenvalue weighted by molar-refractivity contribution is 0.206. The molecule has 2 nitrogen and oxygen atoms in total. The molecular weight excluding hydrogens is 239 g/mol. The molecule has 0 spiro atoms. The molecule has 1 fully saturated rings. The van der Waals surface area contributed by atoms with Gasteiger partial charge >= 0.3 is 0 Å². The van der Waals surface area contributed by atoms with Gasteiger partial charge in [0.05, 0.1) is 0 Å². The zero-order valence-corrected chi connectivity index (χ0v) is 12.2. The number of halogens is 1. The average molecular weight is 264 g/mol. The van der Waals surface area contributed by atoms with Crippen molar-refractivity contribution in [3.63, 3.8) is 0 Å². The number of hydrogen-bond acceptors (Lipinski definition) is 2. The molecule has 0 amide bonds. The van der Waals surface area contributed by atoms with E-state index >= 15 is 0 Å². The van der Waals surface area contributed by atoms with Crippen LogP contribution < -0.4 is 5.32 Å². The minimum Gasteiger partial charge on any atom is -0.306 e. The van der Waals surface area contributed by atoms with Crippen LogP contribution in [0.5, 0.6) is 0 Å². The first-order valence-electron chi connectivity index (χ1n) is 7.26. The fourth-order valence-electron chi connectivity index (χ4n) is 2.90. The Balaban J connectivity index is 2.05. The van der Waals surface area contributed by atoms with Gasteiger partial charge in [-0.3, -0.25) is 0 Å². The summed E-state index contributed by atoms with van der Waals surface area (Å²) in [6.45, 7) is 6.73. The molecule has 1 aromatic carbocycles. The van der Waals surface area contributed by atoms with Crippen molar-refractivity contribution in [3.05, 3.63) is 35.6 Å². The van der Waals surface area contributed by atoms with Crippen LogP contribution in [-0.4, -0.2) is 31.1 Å². The normalized spacial score (nSPS) is 22.7. The fraction of sp³-hybridized carbons (Fsp3) is 0.625. The quantitative estimate of drug-likeness (QED) is 0.898. The first kappa shape index (κ1) is 14.5. The lowest BCUT2D eigenvalue weighted by Gasteiger charge is -2.35. The molecular formula is C16H25FN2. The summed E-state index contributed by atoms with van der Waals surface area (Å²) in [5, 5.41) is 3.76. The van der Waals surface area contributed by atoms with Gasteiger partial charge in [0, 0.05) is 18.6 Å². The minimum absolute atomic E-state index is 0.163. The molecule has 1 heterocycles. The highest BCUT2D eigenvalue weighted by Crippen LogP contribution is 2.24. The number of rotatable bonds is 4. The fourth-order valence-corrected chi connectivity index (χ4v) is 2.90. The van der Waals surface area contributed by atoms with E-state index in [0.29, 0.717) is 18.0 Å². The molecule has 19 heavy (non-hydrogen) atoms. The second-order valence-electron chi connectivity index (χ2n) is 6.04. The summed E-state index contributed by atoms with van der Waals surface area (Å²) in [4.78, 5) is 2.38. The standard InChI is InChI=1S/C16H25FN2/c1-12(2)16(13-6-8-14(17)9-7-13)18-15-5-4-10-19(3)11-15/h6-9,12,15-16,18H,4-5,10-11H2,1-3H3. The molecule has 0 bridgehead atoms. The van der Waals surface area contributed by atoms with E-state index in [9.17, 15) is 4.39 Å². The van der Waals surface area contributed by atoms with E-state index in [1.165, 1.54) is 24.9 Å². The molecule has 0 aliphatic carbocycles. The molecule has 1 aromatic rings. The van der Waals surface area contributed by atoms with Gasteiger partial charge in [-0.2, -0.15) is 0 Å². The largest absolute Gasteiger partial charge is 0.306 e. The van der Waals surface area contributed by atoms with Crippen LogP contribution in [0.1, 0.15) is 38.3 Å². The van der Waals surface area contributed by atoms with Gasteiger partial charge < -0.3 is 10.2 Å². The van der Waals surface area contributed by atoms with E-state index < -0.39 is 0 Å². The number of piperidine rings is 1. The lowest BCUT2D eigenvalue weighted by atomic mass is 9.94. The Morgan fingerprint density at radius 1 is 1.26 bits per heavy atom. The van der Waals surface area contributed by atoms with Crippen LogP contribution in [0.2, 0.25) is 0 Å². The van der Waals surface area contributed by atoms with Gasteiger partial charge in [0.15, 0.2) is 0 Å². The molecule has 3 heteroatoms. The average Bonchev–Trinajstić information content (AvgIpc) is 2.37. The number of likely N-dealkylation sites (N-methyl/N-ethyl adjacent to an activating group) is 1. The molecule has 1 saturated heterocycles. The van der Waals surface area contributed by atoms with Crippen LogP contribution >= 0.6 is 0 Å². The van der Waals surface area contributed by atoms with Crippen LogP contribution in [0.3, 0.4) is 0 Å². The van der Waals surface area contributed by atoms with Crippen molar-refractivity contribution in [2.24, 2.45) is 5.92 Å². The predicted octanol–water partition coefficient (Wildman–Crippen LogP) is 3.21. The maximum Gasteiger partial charge on any atom is 0.123 e. The van der Waals surface area contributed by atoms with E-state index in [1.54, 1.807) is 12.1 Å². The lowest BCUT2D eigenvalue weighted by Crippen LogP contribution is -2.46. The van der Waals surface area contributed by atoms with Crippen molar-refractivity contribution in [2.75, 3.05) is 20.1 Å².